The van der Waals surface area contributed by atoms with Crippen LogP contribution in [0.15, 0.2) is 42.9 Å². The molecule has 2 aromatic rings. The van der Waals surface area contributed by atoms with Gasteiger partial charge in [0.05, 0.1) is 6.20 Å². The molecule has 1 aliphatic rings. The second-order valence-corrected chi connectivity index (χ2v) is 5.72. The molecule has 1 aromatic carbocycles. The van der Waals surface area contributed by atoms with Crippen LogP contribution in [0.4, 0.5) is 14.5 Å². The van der Waals surface area contributed by atoms with E-state index in [0.29, 0.717) is 6.54 Å². The maximum Gasteiger partial charge on any atom is 0.387 e. The highest BCUT2D eigenvalue weighted by molar-refractivity contribution is 5.92. The lowest BCUT2D eigenvalue weighted by atomic mass is 10.0. The van der Waals surface area contributed by atoms with E-state index >= 15 is 0 Å². The van der Waals surface area contributed by atoms with Gasteiger partial charge in [0.15, 0.2) is 0 Å². The summed E-state index contributed by atoms with van der Waals surface area (Å²) in [6.07, 6.45) is 6.21. The standard InChI is InChI=1S/C17H18F2N4O2/c18-17(19)25-14-5-3-13(4-6-14)23-9-1-2-12(11-23)22-16(24)15-10-20-7-8-21-15/h3-8,10,12,17H,1-2,9,11H2,(H,22,24)/t12-/m1/s1. The molecule has 8 heteroatoms. The lowest BCUT2D eigenvalue weighted by Crippen LogP contribution is -2.48. The Morgan fingerprint density at radius 1 is 1.28 bits per heavy atom. The molecule has 0 radical (unpaired) electrons. The van der Waals surface area contributed by atoms with E-state index in [-0.39, 0.29) is 23.4 Å². The van der Waals surface area contributed by atoms with Crippen LogP contribution in [-0.2, 0) is 0 Å². The second kappa shape index (κ2) is 7.87. The van der Waals surface area contributed by atoms with E-state index in [4.69, 9.17) is 0 Å². The quantitative estimate of drug-likeness (QED) is 0.899. The van der Waals surface area contributed by atoms with Gasteiger partial charge in [0.25, 0.3) is 5.91 Å². The van der Waals surface area contributed by atoms with Crippen molar-refractivity contribution < 1.29 is 18.3 Å². The van der Waals surface area contributed by atoms with Crippen molar-refractivity contribution in [3.05, 3.63) is 48.5 Å². The van der Waals surface area contributed by atoms with E-state index in [1.165, 1.54) is 30.7 Å². The fourth-order valence-electron chi connectivity index (χ4n) is 2.84. The highest BCUT2D eigenvalue weighted by Gasteiger charge is 2.22. The molecule has 132 valence electrons. The van der Waals surface area contributed by atoms with Crippen molar-refractivity contribution in [1.29, 1.82) is 0 Å². The van der Waals surface area contributed by atoms with Crippen molar-refractivity contribution in [2.24, 2.45) is 0 Å². The average molecular weight is 348 g/mol. The molecule has 1 N–H and O–H groups in total. The van der Waals surface area contributed by atoms with Crippen LogP contribution in [0.3, 0.4) is 0 Å². The number of amides is 1. The number of nitrogens with one attached hydrogen (secondary N) is 1. The minimum Gasteiger partial charge on any atom is -0.435 e. The average Bonchev–Trinajstić information content (AvgIpc) is 2.63. The van der Waals surface area contributed by atoms with Gasteiger partial charge in [-0.15, -0.1) is 0 Å². The fourth-order valence-corrected chi connectivity index (χ4v) is 2.84. The molecule has 3 rings (SSSR count). The molecular formula is C17H18F2N4O2. The molecule has 1 aromatic heterocycles. The predicted molar refractivity (Wildman–Crippen MR) is 87.8 cm³/mol. The molecule has 0 aliphatic carbocycles. The lowest BCUT2D eigenvalue weighted by Gasteiger charge is -2.34. The van der Waals surface area contributed by atoms with Gasteiger partial charge in [-0.1, -0.05) is 0 Å². The van der Waals surface area contributed by atoms with Crippen molar-refractivity contribution in [2.45, 2.75) is 25.5 Å². The zero-order valence-corrected chi connectivity index (χ0v) is 13.4. The van der Waals surface area contributed by atoms with Gasteiger partial charge in [0.1, 0.15) is 11.4 Å². The Labute approximate surface area is 143 Å². The van der Waals surface area contributed by atoms with E-state index in [2.05, 4.69) is 24.9 Å². The van der Waals surface area contributed by atoms with E-state index in [9.17, 15) is 13.6 Å². The lowest BCUT2D eigenvalue weighted by molar-refractivity contribution is -0.0498. The number of rotatable bonds is 5. The molecule has 25 heavy (non-hydrogen) atoms. The van der Waals surface area contributed by atoms with Gasteiger partial charge in [-0.25, -0.2) is 4.98 Å². The summed E-state index contributed by atoms with van der Waals surface area (Å²) >= 11 is 0. The molecule has 0 bridgehead atoms. The number of carbonyl (C=O) groups excluding carboxylic acids is 1. The third-order valence-corrected chi connectivity index (χ3v) is 3.98. The minimum absolute atomic E-state index is 0.0137. The normalized spacial score (nSPS) is 17.4. The Morgan fingerprint density at radius 3 is 2.76 bits per heavy atom. The molecule has 1 saturated heterocycles. The first kappa shape index (κ1) is 17.1. The number of hydrogen-bond acceptors (Lipinski definition) is 5. The predicted octanol–water partition coefficient (Wildman–Crippen LogP) is 2.48. The van der Waals surface area contributed by atoms with Gasteiger partial charge in [-0.3, -0.25) is 9.78 Å². The highest BCUT2D eigenvalue weighted by atomic mass is 19.3. The number of nitrogens with zero attached hydrogens (tertiary/aromatic N) is 3. The van der Waals surface area contributed by atoms with E-state index in [0.717, 1.165) is 25.1 Å². The minimum atomic E-state index is -2.83. The van der Waals surface area contributed by atoms with Gasteiger partial charge >= 0.3 is 6.61 Å². The van der Waals surface area contributed by atoms with Crippen molar-refractivity contribution in [1.82, 2.24) is 15.3 Å². The molecule has 2 heterocycles. The molecule has 1 atom stereocenters. The van der Waals surface area contributed by atoms with Gasteiger partial charge < -0.3 is 15.0 Å². The fraction of sp³-hybridized carbons (Fsp3) is 0.353. The molecule has 0 spiro atoms. The number of halogens is 2. The molecule has 0 saturated carbocycles. The first-order valence-electron chi connectivity index (χ1n) is 7.98. The first-order chi connectivity index (χ1) is 12.1. The summed E-state index contributed by atoms with van der Waals surface area (Å²) in [4.78, 5) is 22.2. The maximum absolute atomic E-state index is 12.2. The SMILES string of the molecule is O=C(N[C@@H]1CCCN(c2ccc(OC(F)F)cc2)C1)c1cnccn1. The Bertz CT molecular complexity index is 698. The maximum atomic E-state index is 12.2. The summed E-state index contributed by atoms with van der Waals surface area (Å²) in [5.41, 5.74) is 1.19. The van der Waals surface area contributed by atoms with E-state index in [1.807, 2.05) is 0 Å². The van der Waals surface area contributed by atoms with Crippen LogP contribution in [0.5, 0.6) is 5.75 Å². The van der Waals surface area contributed by atoms with Crippen molar-refractivity contribution in [2.75, 3.05) is 18.0 Å². The topological polar surface area (TPSA) is 67.4 Å². The number of hydrogen-bond donors (Lipinski definition) is 1. The van der Waals surface area contributed by atoms with Crippen LogP contribution in [0.25, 0.3) is 0 Å². The van der Waals surface area contributed by atoms with E-state index < -0.39 is 6.61 Å². The Morgan fingerprint density at radius 2 is 2.08 bits per heavy atom. The number of anilines is 1. The zero-order chi connectivity index (χ0) is 17.6. The summed E-state index contributed by atoms with van der Waals surface area (Å²) in [7, 11) is 0. The summed E-state index contributed by atoms with van der Waals surface area (Å²) in [6, 6.07) is 6.50. The number of carbonyl (C=O) groups is 1. The largest absolute Gasteiger partial charge is 0.435 e. The van der Waals surface area contributed by atoms with Crippen LogP contribution in [0, 0.1) is 0 Å². The van der Waals surface area contributed by atoms with Gasteiger partial charge in [-0.05, 0) is 37.1 Å². The van der Waals surface area contributed by atoms with Crippen LogP contribution in [0.1, 0.15) is 23.3 Å². The van der Waals surface area contributed by atoms with Gasteiger partial charge in [0, 0.05) is 37.2 Å². The Kier molecular flexibility index (Phi) is 5.37. The summed E-state index contributed by atoms with van der Waals surface area (Å²) in [5, 5.41) is 2.97. The monoisotopic (exact) mass is 348 g/mol. The Hall–Kier alpha value is -2.77. The number of benzene rings is 1. The molecule has 6 nitrogen and oxygen atoms in total. The van der Waals surface area contributed by atoms with Crippen molar-refractivity contribution >= 4 is 11.6 Å². The van der Waals surface area contributed by atoms with Crippen LogP contribution < -0.4 is 15.0 Å². The van der Waals surface area contributed by atoms with Crippen molar-refractivity contribution in [3.63, 3.8) is 0 Å². The van der Waals surface area contributed by atoms with E-state index in [1.54, 1.807) is 12.1 Å². The first-order valence-corrected chi connectivity index (χ1v) is 7.98. The number of alkyl halides is 2. The molecule has 1 amide bonds. The smallest absolute Gasteiger partial charge is 0.387 e. The Balaban J connectivity index is 1.60. The molecule has 0 unspecified atom stereocenters. The molecule has 1 aliphatic heterocycles. The second-order valence-electron chi connectivity index (χ2n) is 5.72. The number of piperidine rings is 1. The number of ether oxygens (including phenoxy) is 1. The van der Waals surface area contributed by atoms with Crippen LogP contribution in [0.2, 0.25) is 0 Å². The van der Waals surface area contributed by atoms with Crippen molar-refractivity contribution in [3.8, 4) is 5.75 Å². The molecular weight excluding hydrogens is 330 g/mol. The third kappa shape index (κ3) is 4.62. The zero-order valence-electron chi connectivity index (χ0n) is 13.4. The third-order valence-electron chi connectivity index (χ3n) is 3.98. The van der Waals surface area contributed by atoms with Crippen LogP contribution >= 0.6 is 0 Å². The highest BCUT2D eigenvalue weighted by Crippen LogP contribution is 2.24. The van der Waals surface area contributed by atoms with Crippen LogP contribution in [-0.4, -0.2) is 41.6 Å². The summed E-state index contributed by atoms with van der Waals surface area (Å²) in [6.45, 7) is -1.35. The summed E-state index contributed by atoms with van der Waals surface area (Å²) < 4.78 is 28.8. The summed E-state index contributed by atoms with van der Waals surface area (Å²) in [5.74, 6) is -0.121. The molecule has 1 fully saturated rings. The van der Waals surface area contributed by atoms with Gasteiger partial charge in [-0.2, -0.15) is 8.78 Å². The number of aromatic nitrogens is 2. The van der Waals surface area contributed by atoms with Gasteiger partial charge in [0.2, 0.25) is 0 Å².